The first-order valence-corrected chi connectivity index (χ1v) is 5.24. The minimum atomic E-state index is -0.454. The van der Waals surface area contributed by atoms with E-state index in [4.69, 9.17) is 22.1 Å². The van der Waals surface area contributed by atoms with E-state index in [0.29, 0.717) is 22.0 Å². The van der Waals surface area contributed by atoms with Gasteiger partial charge >= 0.3 is 0 Å². The number of halogens is 2. The molecule has 0 aliphatic carbocycles. The summed E-state index contributed by atoms with van der Waals surface area (Å²) in [5.74, 6) is 0.0330. The third kappa shape index (κ3) is 2.31. The van der Waals surface area contributed by atoms with Crippen molar-refractivity contribution in [3.8, 4) is 16.9 Å². The maximum Gasteiger partial charge on any atom is 0.165 e. The minimum absolute atomic E-state index is 0.183. The standard InChI is InChI=1S/C12H10ClFN2O/c1-17-11-3-2-7(4-10(11)14)9-5-8(13)6-16-12(9)15/h2-6H,1H3,(H2,15,16). The third-order valence-electron chi connectivity index (χ3n) is 2.35. The van der Waals surface area contributed by atoms with E-state index in [1.165, 1.54) is 25.4 Å². The second-order valence-electron chi connectivity index (χ2n) is 3.44. The van der Waals surface area contributed by atoms with Crippen molar-refractivity contribution in [3.05, 3.63) is 41.3 Å². The maximum absolute atomic E-state index is 13.5. The Kier molecular flexibility index (Phi) is 3.15. The van der Waals surface area contributed by atoms with Gasteiger partial charge in [-0.25, -0.2) is 9.37 Å². The number of pyridine rings is 1. The summed E-state index contributed by atoms with van der Waals surface area (Å²) in [6.07, 6.45) is 1.44. The molecule has 0 unspecified atom stereocenters. The summed E-state index contributed by atoms with van der Waals surface area (Å²) in [5, 5.41) is 0.449. The number of ether oxygens (including phenoxy) is 1. The largest absolute Gasteiger partial charge is 0.494 e. The van der Waals surface area contributed by atoms with Gasteiger partial charge in [0.2, 0.25) is 0 Å². The van der Waals surface area contributed by atoms with Gasteiger partial charge in [0.25, 0.3) is 0 Å². The van der Waals surface area contributed by atoms with Gasteiger partial charge in [-0.05, 0) is 23.8 Å². The lowest BCUT2D eigenvalue weighted by Crippen LogP contribution is -1.95. The van der Waals surface area contributed by atoms with Crippen molar-refractivity contribution in [2.75, 3.05) is 12.8 Å². The predicted molar refractivity (Wildman–Crippen MR) is 65.6 cm³/mol. The Labute approximate surface area is 103 Å². The highest BCUT2D eigenvalue weighted by molar-refractivity contribution is 6.30. The van der Waals surface area contributed by atoms with Crippen LogP contribution in [0.5, 0.6) is 5.75 Å². The van der Waals surface area contributed by atoms with Crippen molar-refractivity contribution in [2.24, 2.45) is 0 Å². The molecule has 3 nitrogen and oxygen atoms in total. The van der Waals surface area contributed by atoms with Gasteiger partial charge in [0, 0.05) is 11.8 Å². The molecule has 0 aliphatic heterocycles. The Balaban J connectivity index is 2.53. The van der Waals surface area contributed by atoms with Gasteiger partial charge in [-0.15, -0.1) is 0 Å². The number of rotatable bonds is 2. The van der Waals surface area contributed by atoms with E-state index in [1.54, 1.807) is 12.1 Å². The number of hydrogen-bond acceptors (Lipinski definition) is 3. The summed E-state index contributed by atoms with van der Waals surface area (Å²) < 4.78 is 18.4. The van der Waals surface area contributed by atoms with Gasteiger partial charge in [0.1, 0.15) is 5.82 Å². The monoisotopic (exact) mass is 252 g/mol. The van der Waals surface area contributed by atoms with Crippen molar-refractivity contribution in [3.63, 3.8) is 0 Å². The highest BCUT2D eigenvalue weighted by Gasteiger charge is 2.09. The number of nitrogens with zero attached hydrogens (tertiary/aromatic N) is 1. The zero-order chi connectivity index (χ0) is 12.4. The van der Waals surface area contributed by atoms with Crippen LogP contribution in [-0.4, -0.2) is 12.1 Å². The van der Waals surface area contributed by atoms with Crippen molar-refractivity contribution in [1.82, 2.24) is 4.98 Å². The summed E-state index contributed by atoms with van der Waals surface area (Å²) in [6.45, 7) is 0. The summed E-state index contributed by atoms with van der Waals surface area (Å²) in [5.41, 5.74) is 6.92. The molecule has 0 radical (unpaired) electrons. The van der Waals surface area contributed by atoms with Gasteiger partial charge in [0.15, 0.2) is 11.6 Å². The summed E-state index contributed by atoms with van der Waals surface area (Å²) in [6, 6.07) is 6.21. The Morgan fingerprint density at radius 1 is 1.35 bits per heavy atom. The molecule has 0 saturated heterocycles. The number of hydrogen-bond donors (Lipinski definition) is 1. The van der Waals surface area contributed by atoms with Crippen LogP contribution in [0.2, 0.25) is 5.02 Å². The normalized spacial score (nSPS) is 10.3. The first-order chi connectivity index (χ1) is 8.11. The summed E-state index contributed by atoms with van der Waals surface area (Å²) in [4.78, 5) is 3.92. The van der Waals surface area contributed by atoms with E-state index in [2.05, 4.69) is 4.98 Å². The highest BCUT2D eigenvalue weighted by Crippen LogP contribution is 2.30. The fourth-order valence-corrected chi connectivity index (χ4v) is 1.67. The van der Waals surface area contributed by atoms with Crippen LogP contribution in [0.3, 0.4) is 0 Å². The number of methoxy groups -OCH3 is 1. The van der Waals surface area contributed by atoms with Gasteiger partial charge in [-0.2, -0.15) is 0 Å². The quantitative estimate of drug-likeness (QED) is 0.893. The molecule has 0 amide bonds. The first kappa shape index (κ1) is 11.7. The molecule has 17 heavy (non-hydrogen) atoms. The van der Waals surface area contributed by atoms with Crippen molar-refractivity contribution >= 4 is 17.4 Å². The van der Waals surface area contributed by atoms with Crippen LogP contribution < -0.4 is 10.5 Å². The van der Waals surface area contributed by atoms with Crippen LogP contribution in [0.1, 0.15) is 0 Å². The van der Waals surface area contributed by atoms with E-state index >= 15 is 0 Å². The van der Waals surface area contributed by atoms with Crippen LogP contribution in [0.4, 0.5) is 10.2 Å². The van der Waals surface area contributed by atoms with E-state index in [0.717, 1.165) is 0 Å². The molecule has 1 aromatic heterocycles. The predicted octanol–water partition coefficient (Wildman–Crippen LogP) is 3.13. The molecule has 2 aromatic rings. The van der Waals surface area contributed by atoms with Crippen LogP contribution in [0.15, 0.2) is 30.5 Å². The molecule has 5 heteroatoms. The lowest BCUT2D eigenvalue weighted by Gasteiger charge is -2.07. The van der Waals surface area contributed by atoms with E-state index < -0.39 is 5.82 Å². The van der Waals surface area contributed by atoms with Crippen molar-refractivity contribution < 1.29 is 9.13 Å². The van der Waals surface area contributed by atoms with Crippen LogP contribution in [-0.2, 0) is 0 Å². The average Bonchev–Trinajstić information content (AvgIpc) is 2.32. The van der Waals surface area contributed by atoms with Crippen LogP contribution in [0.25, 0.3) is 11.1 Å². The number of nitrogen functional groups attached to an aromatic ring is 1. The molecule has 0 atom stereocenters. The number of nitrogens with two attached hydrogens (primary N) is 1. The zero-order valence-corrected chi connectivity index (χ0v) is 9.83. The number of aromatic nitrogens is 1. The Hall–Kier alpha value is -1.81. The van der Waals surface area contributed by atoms with Gasteiger partial charge in [0.05, 0.1) is 12.1 Å². The lowest BCUT2D eigenvalue weighted by molar-refractivity contribution is 0.386. The van der Waals surface area contributed by atoms with Gasteiger partial charge in [-0.1, -0.05) is 17.7 Å². The number of anilines is 1. The molecule has 1 aromatic carbocycles. The molecule has 0 saturated carbocycles. The molecular weight excluding hydrogens is 243 g/mol. The minimum Gasteiger partial charge on any atom is -0.494 e. The van der Waals surface area contributed by atoms with Gasteiger partial charge in [-0.3, -0.25) is 0 Å². The SMILES string of the molecule is COc1ccc(-c2cc(Cl)cnc2N)cc1F. The van der Waals surface area contributed by atoms with Crippen LogP contribution >= 0.6 is 11.6 Å². The zero-order valence-electron chi connectivity index (χ0n) is 9.08. The third-order valence-corrected chi connectivity index (χ3v) is 2.55. The molecule has 88 valence electrons. The summed E-state index contributed by atoms with van der Waals surface area (Å²) >= 11 is 5.83. The van der Waals surface area contributed by atoms with E-state index in [-0.39, 0.29) is 5.75 Å². The van der Waals surface area contributed by atoms with Crippen molar-refractivity contribution in [2.45, 2.75) is 0 Å². The Morgan fingerprint density at radius 2 is 2.12 bits per heavy atom. The fourth-order valence-electron chi connectivity index (χ4n) is 1.51. The average molecular weight is 253 g/mol. The molecule has 0 fully saturated rings. The molecule has 0 bridgehead atoms. The Bertz CT molecular complexity index is 560. The summed E-state index contributed by atoms with van der Waals surface area (Å²) in [7, 11) is 1.41. The molecule has 2 N–H and O–H groups in total. The number of benzene rings is 1. The molecule has 2 rings (SSSR count). The Morgan fingerprint density at radius 3 is 2.76 bits per heavy atom. The molecule has 0 spiro atoms. The second-order valence-corrected chi connectivity index (χ2v) is 3.87. The van der Waals surface area contributed by atoms with E-state index in [9.17, 15) is 4.39 Å². The highest BCUT2D eigenvalue weighted by atomic mass is 35.5. The fraction of sp³-hybridized carbons (Fsp3) is 0.0833. The van der Waals surface area contributed by atoms with E-state index in [1.807, 2.05) is 0 Å². The van der Waals surface area contributed by atoms with Crippen LogP contribution in [0, 0.1) is 5.82 Å². The molecule has 1 heterocycles. The van der Waals surface area contributed by atoms with Gasteiger partial charge < -0.3 is 10.5 Å². The maximum atomic E-state index is 13.5. The molecule has 0 aliphatic rings. The lowest BCUT2D eigenvalue weighted by atomic mass is 10.1. The smallest absolute Gasteiger partial charge is 0.165 e. The molecular formula is C12H10ClFN2O. The van der Waals surface area contributed by atoms with Crippen molar-refractivity contribution in [1.29, 1.82) is 0 Å². The first-order valence-electron chi connectivity index (χ1n) is 4.86. The second kappa shape index (κ2) is 4.59. The topological polar surface area (TPSA) is 48.1 Å².